The number of nitrogen functional groups attached to an aromatic ring is 1. The Morgan fingerprint density at radius 1 is 1.55 bits per heavy atom. The average Bonchev–Trinajstić information content (AvgIpc) is 2.08. The smallest absolute Gasteiger partial charge is 0.396 e. The summed E-state index contributed by atoms with van der Waals surface area (Å²) >= 11 is 0. The molecule has 0 saturated carbocycles. The van der Waals surface area contributed by atoms with Gasteiger partial charge in [-0.05, 0) is 0 Å². The maximum absolute atomic E-state index is 11.9. The number of nitrogens with zero attached hydrogens (tertiary/aromatic N) is 2. The van der Waals surface area contributed by atoms with Crippen LogP contribution in [0.5, 0.6) is 0 Å². The van der Waals surface area contributed by atoms with Crippen molar-refractivity contribution in [2.24, 2.45) is 7.05 Å². The first-order chi connectivity index (χ1) is 4.91. The Morgan fingerprint density at radius 2 is 2.09 bits per heavy atom. The highest BCUT2D eigenvalue weighted by Gasteiger charge is 2.36. The molecule has 62 valence electrons. The molecule has 0 radical (unpaired) electrons. The SMILES string of the molecule is Cn1cc(N)c(C(F)(F)F)n1. The van der Waals surface area contributed by atoms with Crippen LogP contribution >= 0.6 is 0 Å². The first-order valence-corrected chi connectivity index (χ1v) is 2.77. The predicted octanol–water partition coefficient (Wildman–Crippen LogP) is 1.02. The molecule has 0 unspecified atom stereocenters. The summed E-state index contributed by atoms with van der Waals surface area (Å²) < 4.78 is 36.7. The molecular weight excluding hydrogens is 159 g/mol. The van der Waals surface area contributed by atoms with Gasteiger partial charge in [-0.15, -0.1) is 0 Å². The van der Waals surface area contributed by atoms with Gasteiger partial charge in [0.1, 0.15) is 0 Å². The highest BCUT2D eigenvalue weighted by Crippen LogP contribution is 2.31. The third-order valence-electron chi connectivity index (χ3n) is 1.13. The van der Waals surface area contributed by atoms with Gasteiger partial charge >= 0.3 is 6.18 Å². The third-order valence-corrected chi connectivity index (χ3v) is 1.13. The van der Waals surface area contributed by atoms with E-state index in [1.165, 1.54) is 7.05 Å². The van der Waals surface area contributed by atoms with Crippen LogP contribution in [-0.4, -0.2) is 9.78 Å². The number of hydrogen-bond acceptors (Lipinski definition) is 2. The zero-order chi connectivity index (χ0) is 8.65. The molecule has 0 aliphatic heterocycles. The number of alkyl halides is 3. The third kappa shape index (κ3) is 1.44. The van der Waals surface area contributed by atoms with Gasteiger partial charge in [0.15, 0.2) is 5.69 Å². The van der Waals surface area contributed by atoms with Gasteiger partial charge in [0, 0.05) is 13.2 Å². The Labute approximate surface area is 60.6 Å². The van der Waals surface area contributed by atoms with Gasteiger partial charge < -0.3 is 5.73 Å². The van der Waals surface area contributed by atoms with Crippen molar-refractivity contribution in [1.82, 2.24) is 9.78 Å². The molecule has 11 heavy (non-hydrogen) atoms. The zero-order valence-corrected chi connectivity index (χ0v) is 5.68. The largest absolute Gasteiger partial charge is 0.437 e. The van der Waals surface area contributed by atoms with Gasteiger partial charge in [-0.1, -0.05) is 0 Å². The maximum atomic E-state index is 11.9. The molecule has 2 N–H and O–H groups in total. The summed E-state index contributed by atoms with van der Waals surface area (Å²) in [4.78, 5) is 0. The molecule has 0 aliphatic rings. The van der Waals surface area contributed by atoms with Crippen molar-refractivity contribution in [2.45, 2.75) is 6.18 Å². The van der Waals surface area contributed by atoms with Crippen LogP contribution in [0, 0.1) is 0 Å². The molecule has 1 aromatic heterocycles. The Balaban J connectivity index is 3.13. The summed E-state index contributed by atoms with van der Waals surface area (Å²) in [6.07, 6.45) is -3.34. The topological polar surface area (TPSA) is 43.8 Å². The molecule has 0 spiro atoms. The van der Waals surface area contributed by atoms with Crippen molar-refractivity contribution < 1.29 is 13.2 Å². The van der Waals surface area contributed by atoms with E-state index in [2.05, 4.69) is 5.10 Å². The Hall–Kier alpha value is -1.20. The van der Waals surface area contributed by atoms with Crippen molar-refractivity contribution in [3.8, 4) is 0 Å². The van der Waals surface area contributed by atoms with Crippen molar-refractivity contribution in [1.29, 1.82) is 0 Å². The summed E-state index contributed by atoms with van der Waals surface area (Å²) in [5.41, 5.74) is 3.65. The zero-order valence-electron chi connectivity index (χ0n) is 5.68. The van der Waals surface area contributed by atoms with Crippen LogP contribution in [0.15, 0.2) is 6.20 Å². The minimum atomic E-state index is -4.45. The van der Waals surface area contributed by atoms with Crippen LogP contribution in [0.2, 0.25) is 0 Å². The van der Waals surface area contributed by atoms with Crippen LogP contribution < -0.4 is 5.73 Å². The fourth-order valence-electron chi connectivity index (χ4n) is 0.727. The Morgan fingerprint density at radius 3 is 2.27 bits per heavy atom. The molecule has 1 heterocycles. The highest BCUT2D eigenvalue weighted by molar-refractivity contribution is 5.42. The number of anilines is 1. The lowest BCUT2D eigenvalue weighted by atomic mass is 10.4. The van der Waals surface area contributed by atoms with Crippen LogP contribution in [0.25, 0.3) is 0 Å². The van der Waals surface area contributed by atoms with Crippen LogP contribution in [0.4, 0.5) is 18.9 Å². The van der Waals surface area contributed by atoms with Crippen LogP contribution in [-0.2, 0) is 13.2 Å². The van der Waals surface area contributed by atoms with E-state index in [9.17, 15) is 13.2 Å². The molecule has 6 heteroatoms. The second kappa shape index (κ2) is 2.14. The van der Waals surface area contributed by atoms with Crippen molar-refractivity contribution in [3.05, 3.63) is 11.9 Å². The van der Waals surface area contributed by atoms with E-state index in [0.29, 0.717) is 0 Å². The lowest BCUT2D eigenvalue weighted by molar-refractivity contribution is -0.140. The molecule has 1 aromatic rings. The van der Waals surface area contributed by atoms with Gasteiger partial charge in [-0.25, -0.2) is 0 Å². The number of aryl methyl sites for hydroxylation is 1. The number of halogens is 3. The standard InChI is InChI=1S/C5H6F3N3/c1-11-2-3(9)4(10-11)5(6,7)8/h2H,9H2,1H3. The summed E-state index contributed by atoms with van der Waals surface area (Å²) in [7, 11) is 1.38. The molecular formula is C5H6F3N3. The van der Waals surface area contributed by atoms with E-state index in [1.807, 2.05) is 0 Å². The predicted molar refractivity (Wildman–Crippen MR) is 32.6 cm³/mol. The summed E-state index contributed by atoms with van der Waals surface area (Å²) in [6.45, 7) is 0. The number of rotatable bonds is 0. The molecule has 0 amide bonds. The van der Waals surface area contributed by atoms with E-state index in [4.69, 9.17) is 5.73 Å². The van der Waals surface area contributed by atoms with E-state index in [0.717, 1.165) is 10.9 Å². The Bertz CT molecular complexity index is 262. The first-order valence-electron chi connectivity index (χ1n) is 2.77. The minimum absolute atomic E-state index is 0.347. The average molecular weight is 165 g/mol. The lowest BCUT2D eigenvalue weighted by Crippen LogP contribution is -2.09. The minimum Gasteiger partial charge on any atom is -0.396 e. The number of aromatic nitrogens is 2. The molecule has 0 fully saturated rings. The number of nitrogens with two attached hydrogens (primary N) is 1. The van der Waals surface area contributed by atoms with Gasteiger partial charge in [0.05, 0.1) is 5.69 Å². The fourth-order valence-corrected chi connectivity index (χ4v) is 0.727. The van der Waals surface area contributed by atoms with E-state index >= 15 is 0 Å². The maximum Gasteiger partial charge on any atom is 0.437 e. The van der Waals surface area contributed by atoms with Gasteiger partial charge in [0.2, 0.25) is 0 Å². The molecule has 1 rings (SSSR count). The van der Waals surface area contributed by atoms with Crippen molar-refractivity contribution in [3.63, 3.8) is 0 Å². The van der Waals surface area contributed by atoms with Gasteiger partial charge in [0.25, 0.3) is 0 Å². The molecule has 0 aromatic carbocycles. The van der Waals surface area contributed by atoms with Crippen molar-refractivity contribution in [2.75, 3.05) is 5.73 Å². The van der Waals surface area contributed by atoms with E-state index in [1.54, 1.807) is 0 Å². The molecule has 0 saturated heterocycles. The van der Waals surface area contributed by atoms with Crippen LogP contribution in [0.3, 0.4) is 0 Å². The molecule has 0 bridgehead atoms. The van der Waals surface area contributed by atoms with Crippen molar-refractivity contribution >= 4 is 5.69 Å². The van der Waals surface area contributed by atoms with Gasteiger partial charge in [-0.3, -0.25) is 4.68 Å². The van der Waals surface area contributed by atoms with Crippen LogP contribution in [0.1, 0.15) is 5.69 Å². The summed E-state index contributed by atoms with van der Waals surface area (Å²) in [6, 6.07) is 0. The molecule has 0 aliphatic carbocycles. The summed E-state index contributed by atoms with van der Waals surface area (Å²) in [5, 5.41) is 3.15. The second-order valence-corrected chi connectivity index (χ2v) is 2.10. The molecule has 0 atom stereocenters. The van der Waals surface area contributed by atoms with E-state index in [-0.39, 0.29) is 5.69 Å². The normalized spacial score (nSPS) is 12.0. The monoisotopic (exact) mass is 165 g/mol. The fraction of sp³-hybridized carbons (Fsp3) is 0.400. The first kappa shape index (κ1) is 7.90. The lowest BCUT2D eigenvalue weighted by Gasteiger charge is -2.01. The molecule has 3 nitrogen and oxygen atoms in total. The summed E-state index contributed by atoms with van der Waals surface area (Å²) in [5.74, 6) is 0. The number of hydrogen-bond donors (Lipinski definition) is 1. The highest BCUT2D eigenvalue weighted by atomic mass is 19.4. The van der Waals surface area contributed by atoms with E-state index < -0.39 is 11.9 Å². The Kier molecular flexibility index (Phi) is 1.54. The van der Waals surface area contributed by atoms with Gasteiger partial charge in [-0.2, -0.15) is 18.3 Å². The quantitative estimate of drug-likeness (QED) is 0.623. The second-order valence-electron chi connectivity index (χ2n) is 2.10.